The lowest BCUT2D eigenvalue weighted by Gasteiger charge is -2.14. The minimum Gasteiger partial charge on any atom is -0.469 e. The predicted molar refractivity (Wildman–Crippen MR) is 82.6 cm³/mol. The molecule has 1 saturated carbocycles. The van der Waals surface area contributed by atoms with E-state index in [0.717, 1.165) is 17.8 Å². The molecule has 0 saturated heterocycles. The van der Waals surface area contributed by atoms with Gasteiger partial charge in [0.2, 0.25) is 5.91 Å². The normalized spacial score (nSPS) is 24.0. The van der Waals surface area contributed by atoms with E-state index in [1.165, 1.54) is 0 Å². The van der Waals surface area contributed by atoms with E-state index in [4.69, 9.17) is 4.42 Å². The summed E-state index contributed by atoms with van der Waals surface area (Å²) in [5, 5.41) is 21.2. The summed E-state index contributed by atoms with van der Waals surface area (Å²) in [6.45, 7) is 2.38. The molecule has 0 radical (unpaired) electrons. The first-order valence-corrected chi connectivity index (χ1v) is 7.86. The second-order valence-corrected chi connectivity index (χ2v) is 6.30. The topological polar surface area (TPSA) is 93.2 Å². The zero-order valence-electron chi connectivity index (χ0n) is 13.4. The van der Waals surface area contributed by atoms with Crippen LogP contribution in [0.3, 0.4) is 0 Å². The maximum atomic E-state index is 12.0. The van der Waals surface area contributed by atoms with Gasteiger partial charge >= 0.3 is 0 Å². The van der Waals surface area contributed by atoms with Crippen molar-refractivity contribution in [3.05, 3.63) is 35.8 Å². The van der Waals surface area contributed by atoms with Crippen LogP contribution in [-0.2, 0) is 18.3 Å². The number of carbonyl (C=O) groups excluding carboxylic acids is 1. The maximum absolute atomic E-state index is 12.0. The van der Waals surface area contributed by atoms with E-state index >= 15 is 0 Å². The number of rotatable bonds is 5. The van der Waals surface area contributed by atoms with E-state index in [0.29, 0.717) is 18.7 Å². The van der Waals surface area contributed by atoms with Gasteiger partial charge in [0.1, 0.15) is 17.9 Å². The summed E-state index contributed by atoms with van der Waals surface area (Å²) in [5.74, 6) is 1.72. The van der Waals surface area contributed by atoms with E-state index < -0.39 is 6.10 Å². The third-order valence-corrected chi connectivity index (χ3v) is 4.62. The summed E-state index contributed by atoms with van der Waals surface area (Å²) in [4.78, 5) is 12.0. The molecule has 2 aromatic rings. The fourth-order valence-corrected chi connectivity index (χ4v) is 3.23. The van der Waals surface area contributed by atoms with Crippen LogP contribution in [0.4, 0.5) is 0 Å². The first-order chi connectivity index (χ1) is 11.0. The van der Waals surface area contributed by atoms with Gasteiger partial charge in [0.15, 0.2) is 0 Å². The lowest BCUT2D eigenvalue weighted by Crippen LogP contribution is -2.33. The van der Waals surface area contributed by atoms with Crippen molar-refractivity contribution in [2.45, 2.75) is 38.2 Å². The minimum atomic E-state index is -0.428. The van der Waals surface area contributed by atoms with Gasteiger partial charge in [0.25, 0.3) is 0 Å². The average Bonchev–Trinajstić information content (AvgIpc) is 3.19. The Morgan fingerprint density at radius 2 is 2.35 bits per heavy atom. The van der Waals surface area contributed by atoms with Crippen molar-refractivity contribution in [3.63, 3.8) is 0 Å². The third kappa shape index (κ3) is 3.44. The Labute approximate surface area is 134 Å². The van der Waals surface area contributed by atoms with Crippen molar-refractivity contribution in [1.29, 1.82) is 0 Å². The molecule has 124 valence electrons. The zero-order chi connectivity index (χ0) is 16.4. The average molecular weight is 318 g/mol. The molecule has 7 heteroatoms. The summed E-state index contributed by atoms with van der Waals surface area (Å²) in [6, 6.07) is 1.84. The maximum Gasteiger partial charge on any atom is 0.227 e. The van der Waals surface area contributed by atoms with Crippen molar-refractivity contribution in [2.24, 2.45) is 13.0 Å². The van der Waals surface area contributed by atoms with Crippen LogP contribution in [0, 0.1) is 12.8 Å². The number of aryl methyl sites for hydroxylation is 2. The third-order valence-electron chi connectivity index (χ3n) is 4.62. The summed E-state index contributed by atoms with van der Waals surface area (Å²) >= 11 is 0. The highest BCUT2D eigenvalue weighted by molar-refractivity contribution is 5.78. The van der Waals surface area contributed by atoms with Crippen LogP contribution in [0.1, 0.15) is 35.9 Å². The van der Waals surface area contributed by atoms with E-state index in [2.05, 4.69) is 15.5 Å². The number of furan rings is 1. The molecule has 0 aromatic carbocycles. The summed E-state index contributed by atoms with van der Waals surface area (Å²) in [5.41, 5.74) is 0.975. The van der Waals surface area contributed by atoms with Crippen LogP contribution in [0.5, 0.6) is 0 Å². The molecule has 0 unspecified atom stereocenters. The fourth-order valence-electron chi connectivity index (χ4n) is 3.23. The Kier molecular flexibility index (Phi) is 4.47. The van der Waals surface area contributed by atoms with Gasteiger partial charge < -0.3 is 19.4 Å². The number of aromatic nitrogens is 3. The number of amides is 1. The highest BCUT2D eigenvalue weighted by Gasteiger charge is 2.35. The number of nitrogens with one attached hydrogen (secondary N) is 1. The zero-order valence-corrected chi connectivity index (χ0v) is 13.4. The minimum absolute atomic E-state index is 0.0401. The molecule has 23 heavy (non-hydrogen) atoms. The molecule has 1 aliphatic rings. The van der Waals surface area contributed by atoms with Crippen LogP contribution in [-0.4, -0.2) is 38.4 Å². The van der Waals surface area contributed by atoms with E-state index in [1.54, 1.807) is 12.6 Å². The number of nitrogens with zero attached hydrogens (tertiary/aromatic N) is 3. The van der Waals surface area contributed by atoms with E-state index in [1.807, 2.05) is 24.6 Å². The van der Waals surface area contributed by atoms with Gasteiger partial charge in [-0.15, -0.1) is 10.2 Å². The Hall–Kier alpha value is -2.15. The smallest absolute Gasteiger partial charge is 0.227 e. The number of carbonyl (C=O) groups is 1. The lowest BCUT2D eigenvalue weighted by atomic mass is 10.0. The van der Waals surface area contributed by atoms with Gasteiger partial charge in [0.05, 0.1) is 18.8 Å². The lowest BCUT2D eigenvalue weighted by molar-refractivity contribution is -0.121. The Morgan fingerprint density at radius 1 is 1.52 bits per heavy atom. The first-order valence-electron chi connectivity index (χ1n) is 7.86. The second kappa shape index (κ2) is 6.54. The van der Waals surface area contributed by atoms with Gasteiger partial charge in [-0.3, -0.25) is 4.79 Å². The molecule has 0 spiro atoms. The molecule has 1 fully saturated rings. The van der Waals surface area contributed by atoms with Crippen LogP contribution in [0.25, 0.3) is 0 Å². The monoisotopic (exact) mass is 318 g/mol. The molecule has 2 aromatic heterocycles. The molecule has 3 rings (SSSR count). The number of aliphatic hydroxyl groups excluding tert-OH is 1. The standard InChI is InChI=1S/C16H22N4O3/c1-10-3-4-23-14(10)7-15(22)17-8-12-5-11(6-13(12)21)16-19-18-9-20(16)2/h3-4,9,11-13,21H,5-8H2,1-2H3,(H,17,22)/t11-,12+,13+/m0/s1. The van der Waals surface area contributed by atoms with Gasteiger partial charge in [0, 0.05) is 25.4 Å². The van der Waals surface area contributed by atoms with Crippen LogP contribution in [0.2, 0.25) is 0 Å². The predicted octanol–water partition coefficient (Wildman–Crippen LogP) is 0.930. The van der Waals surface area contributed by atoms with Crippen LogP contribution < -0.4 is 5.32 Å². The number of hydrogen-bond acceptors (Lipinski definition) is 5. The SMILES string of the molecule is Cc1ccoc1CC(=O)NC[C@H]1C[C@H](c2nncn2C)C[C@H]1O. The second-order valence-electron chi connectivity index (χ2n) is 6.30. The Balaban J connectivity index is 1.51. The summed E-state index contributed by atoms with van der Waals surface area (Å²) < 4.78 is 7.17. The van der Waals surface area contributed by atoms with Gasteiger partial charge in [-0.25, -0.2) is 0 Å². The van der Waals surface area contributed by atoms with Gasteiger partial charge in [-0.05, 0) is 31.4 Å². The van der Waals surface area contributed by atoms with Crippen molar-refractivity contribution in [3.8, 4) is 0 Å². The van der Waals surface area contributed by atoms with E-state index in [9.17, 15) is 9.90 Å². The highest BCUT2D eigenvalue weighted by Crippen LogP contribution is 2.37. The molecule has 0 bridgehead atoms. The van der Waals surface area contributed by atoms with Gasteiger partial charge in [-0.1, -0.05) is 0 Å². The quantitative estimate of drug-likeness (QED) is 0.855. The molecule has 2 heterocycles. The summed E-state index contributed by atoms with van der Waals surface area (Å²) in [7, 11) is 1.91. The molecule has 1 amide bonds. The molecular formula is C16H22N4O3. The van der Waals surface area contributed by atoms with E-state index in [-0.39, 0.29) is 24.2 Å². The van der Waals surface area contributed by atoms with Gasteiger partial charge in [-0.2, -0.15) is 0 Å². The molecule has 1 aliphatic carbocycles. The highest BCUT2D eigenvalue weighted by atomic mass is 16.3. The Morgan fingerprint density at radius 3 is 3.00 bits per heavy atom. The van der Waals surface area contributed by atoms with Crippen molar-refractivity contribution < 1.29 is 14.3 Å². The number of hydrogen-bond donors (Lipinski definition) is 2. The van der Waals surface area contributed by atoms with Crippen LogP contribution >= 0.6 is 0 Å². The van der Waals surface area contributed by atoms with Crippen molar-refractivity contribution >= 4 is 5.91 Å². The Bertz CT molecular complexity index is 678. The molecular weight excluding hydrogens is 296 g/mol. The van der Waals surface area contributed by atoms with Crippen LogP contribution in [0.15, 0.2) is 23.1 Å². The fraction of sp³-hybridized carbons (Fsp3) is 0.562. The summed E-state index contributed by atoms with van der Waals surface area (Å²) in [6.07, 6.45) is 4.52. The first kappa shape index (κ1) is 15.7. The molecule has 2 N–H and O–H groups in total. The largest absolute Gasteiger partial charge is 0.469 e. The van der Waals surface area contributed by atoms with Crippen molar-refractivity contribution in [2.75, 3.05) is 6.54 Å². The molecule has 0 aliphatic heterocycles. The van der Waals surface area contributed by atoms with Crippen molar-refractivity contribution in [1.82, 2.24) is 20.1 Å². The molecule has 3 atom stereocenters. The molecule has 7 nitrogen and oxygen atoms in total. The number of aliphatic hydroxyl groups is 1.